The largest absolute Gasteiger partial charge is 0.389 e. The number of aromatic nitrogens is 4. The quantitative estimate of drug-likeness (QED) is 0.0554. The predicted octanol–water partition coefficient (Wildman–Crippen LogP) is 5.80. The van der Waals surface area contributed by atoms with Crippen LogP contribution in [0.2, 0.25) is 0 Å². The van der Waals surface area contributed by atoms with Crippen LogP contribution in [0.4, 0.5) is 23.3 Å². The summed E-state index contributed by atoms with van der Waals surface area (Å²) in [6.45, 7) is 17.1. The van der Waals surface area contributed by atoms with Crippen LogP contribution in [0.1, 0.15) is 90.3 Å². The maximum Gasteiger partial charge on any atom is 0.225 e. The second-order valence-electron chi connectivity index (χ2n) is 17.1. The zero-order chi connectivity index (χ0) is 42.3. The van der Waals surface area contributed by atoms with Crippen molar-refractivity contribution in [1.29, 1.82) is 5.41 Å². The fourth-order valence-electron chi connectivity index (χ4n) is 9.30. The average molecular weight is 823 g/mol. The van der Waals surface area contributed by atoms with E-state index >= 15 is 0 Å². The molecule has 9 N–H and O–H groups in total. The topological polar surface area (TPSA) is 200 Å². The van der Waals surface area contributed by atoms with Gasteiger partial charge in [-0.25, -0.2) is 24.9 Å². The molecule has 0 amide bonds. The van der Waals surface area contributed by atoms with Gasteiger partial charge in [-0.15, -0.1) is 0 Å². The Bertz CT molecular complexity index is 2230. The van der Waals surface area contributed by atoms with Crippen molar-refractivity contribution in [2.45, 2.75) is 89.9 Å². The number of nitrogen functional groups attached to an aromatic ring is 1. The molecule has 0 unspecified atom stereocenters. The van der Waals surface area contributed by atoms with Gasteiger partial charge in [-0.05, 0) is 92.8 Å². The van der Waals surface area contributed by atoms with Crippen molar-refractivity contribution < 1.29 is 0 Å². The number of aliphatic imine (C=N–C) groups is 1. The summed E-state index contributed by atoms with van der Waals surface area (Å²) in [7, 11) is 0. The fourth-order valence-corrected chi connectivity index (χ4v) is 9.30. The van der Waals surface area contributed by atoms with Crippen LogP contribution in [0, 0.1) is 11.3 Å². The molecule has 0 atom stereocenters. The molecule has 0 bridgehead atoms. The van der Waals surface area contributed by atoms with Crippen molar-refractivity contribution in [3.63, 3.8) is 0 Å². The Morgan fingerprint density at radius 3 is 2.41 bits per heavy atom. The maximum absolute atomic E-state index is 9.00. The molecule has 2 aromatic heterocycles. The first-order chi connectivity index (χ1) is 29.7. The number of amidine groups is 1. The SMILES string of the molecule is C=C(NCCCCCC(=C)N1CCc2cc(CNc3ncnc(N)c3C(=N)c3ccc4c(c3)N=C(N)C4)ccc2C1)C1CCN(C2CCN(c3ncc(CN)cn3)CC2)CC1. The van der Waals surface area contributed by atoms with Crippen LogP contribution in [-0.2, 0) is 32.5 Å². The highest BCUT2D eigenvalue weighted by Crippen LogP contribution is 2.31. The van der Waals surface area contributed by atoms with Gasteiger partial charge in [0.1, 0.15) is 23.8 Å². The van der Waals surface area contributed by atoms with Crippen LogP contribution in [0.15, 0.2) is 84.7 Å². The van der Waals surface area contributed by atoms with Gasteiger partial charge in [0.15, 0.2) is 0 Å². The van der Waals surface area contributed by atoms with Crippen LogP contribution >= 0.6 is 0 Å². The van der Waals surface area contributed by atoms with Crippen LogP contribution in [0.5, 0.6) is 0 Å². The Labute approximate surface area is 360 Å². The molecule has 2 aromatic carbocycles. The molecule has 2 fully saturated rings. The molecular weight excluding hydrogens is 761 g/mol. The number of benzene rings is 2. The van der Waals surface area contributed by atoms with Gasteiger partial charge >= 0.3 is 0 Å². The Kier molecular flexibility index (Phi) is 13.2. The lowest BCUT2D eigenvalue weighted by Crippen LogP contribution is -2.48. The first-order valence-electron chi connectivity index (χ1n) is 22.1. The fraction of sp³-hybridized carbons (Fsp3) is 0.447. The van der Waals surface area contributed by atoms with E-state index in [9.17, 15) is 0 Å². The van der Waals surface area contributed by atoms with Crippen LogP contribution in [0.25, 0.3) is 0 Å². The minimum absolute atomic E-state index is 0.242. The van der Waals surface area contributed by atoms with Gasteiger partial charge in [0.2, 0.25) is 5.95 Å². The van der Waals surface area contributed by atoms with Crippen molar-refractivity contribution in [1.82, 2.24) is 35.1 Å². The van der Waals surface area contributed by atoms with Crippen LogP contribution < -0.4 is 32.7 Å². The summed E-state index contributed by atoms with van der Waals surface area (Å²) >= 11 is 0. The Morgan fingerprint density at radius 1 is 0.836 bits per heavy atom. The Hall–Kier alpha value is -5.86. The highest BCUT2D eigenvalue weighted by molar-refractivity contribution is 6.16. The number of anilines is 3. The average Bonchev–Trinajstić information content (AvgIpc) is 3.68. The molecule has 4 aliphatic rings. The molecule has 61 heavy (non-hydrogen) atoms. The lowest BCUT2D eigenvalue weighted by Gasteiger charge is -2.42. The summed E-state index contributed by atoms with van der Waals surface area (Å²) in [6, 6.07) is 13.1. The van der Waals surface area contributed by atoms with Crippen molar-refractivity contribution in [3.8, 4) is 0 Å². The second kappa shape index (κ2) is 19.2. The van der Waals surface area contributed by atoms with E-state index in [1.54, 1.807) is 0 Å². The third-order valence-corrected chi connectivity index (χ3v) is 13.0. The van der Waals surface area contributed by atoms with Gasteiger partial charge in [0.25, 0.3) is 0 Å². The lowest BCUT2D eigenvalue weighted by molar-refractivity contribution is 0.122. The second-order valence-corrected chi connectivity index (χ2v) is 17.1. The summed E-state index contributed by atoms with van der Waals surface area (Å²) < 4.78 is 0. The smallest absolute Gasteiger partial charge is 0.225 e. The molecule has 14 heteroatoms. The Morgan fingerprint density at radius 2 is 1.62 bits per heavy atom. The maximum atomic E-state index is 9.00. The lowest BCUT2D eigenvalue weighted by atomic mass is 9.91. The first kappa shape index (κ1) is 41.9. The van der Waals surface area contributed by atoms with Gasteiger partial charge in [-0.2, -0.15) is 0 Å². The molecule has 6 heterocycles. The number of rotatable bonds is 17. The molecule has 4 aromatic rings. The molecule has 0 spiro atoms. The molecule has 0 radical (unpaired) electrons. The van der Waals surface area contributed by atoms with Crippen molar-refractivity contribution in [2.75, 3.05) is 55.2 Å². The number of piperidine rings is 2. The number of hydrogen-bond donors (Lipinski definition) is 6. The molecule has 4 aliphatic heterocycles. The highest BCUT2D eigenvalue weighted by atomic mass is 15.3. The van der Waals surface area contributed by atoms with Gasteiger partial charge in [-0.1, -0.05) is 49.9 Å². The van der Waals surface area contributed by atoms with E-state index in [-0.39, 0.29) is 11.5 Å². The molecule has 14 nitrogen and oxygen atoms in total. The molecular formula is C47H62N14. The summed E-state index contributed by atoms with van der Waals surface area (Å²) in [5, 5.41) is 16.1. The number of allylic oxidation sites excluding steroid dienone is 2. The molecule has 0 saturated carbocycles. The van der Waals surface area contributed by atoms with Gasteiger partial charge in [-0.3, -0.25) is 5.41 Å². The van der Waals surface area contributed by atoms with E-state index in [2.05, 4.69) is 81.6 Å². The molecule has 2 saturated heterocycles. The zero-order valence-electron chi connectivity index (χ0n) is 35.5. The molecule has 320 valence electrons. The monoisotopic (exact) mass is 823 g/mol. The van der Waals surface area contributed by atoms with Crippen LogP contribution in [0.3, 0.4) is 0 Å². The van der Waals surface area contributed by atoms with Crippen LogP contribution in [-0.4, -0.2) is 86.6 Å². The van der Waals surface area contributed by atoms with Crippen molar-refractivity contribution >= 4 is 34.8 Å². The summed E-state index contributed by atoms with van der Waals surface area (Å²) in [5.74, 6) is 2.76. The number of nitrogens with zero attached hydrogens (tertiary/aromatic N) is 8. The Balaban J connectivity index is 0.715. The third-order valence-electron chi connectivity index (χ3n) is 13.0. The van der Waals surface area contributed by atoms with Gasteiger partial charge in [0.05, 0.1) is 17.0 Å². The molecule has 0 aliphatic carbocycles. The minimum Gasteiger partial charge on any atom is -0.389 e. The van der Waals surface area contributed by atoms with Gasteiger partial charge in [0, 0.05) is 99.1 Å². The number of unbranched alkanes of at least 4 members (excludes halogenated alkanes) is 2. The van der Waals surface area contributed by atoms with Gasteiger partial charge < -0.3 is 42.5 Å². The summed E-state index contributed by atoms with van der Waals surface area (Å²) in [6.07, 6.45) is 15.9. The zero-order valence-corrected chi connectivity index (χ0v) is 35.5. The van der Waals surface area contributed by atoms with Crippen molar-refractivity contribution in [2.24, 2.45) is 22.4 Å². The number of nitrogens with two attached hydrogens (primary N) is 3. The van der Waals surface area contributed by atoms with E-state index in [1.165, 1.54) is 48.1 Å². The number of hydrogen-bond acceptors (Lipinski definition) is 14. The van der Waals surface area contributed by atoms with Crippen molar-refractivity contribution in [3.05, 3.63) is 119 Å². The number of likely N-dealkylation sites (tertiary alicyclic amines) is 1. The number of fused-ring (bicyclic) bond motifs is 2. The summed E-state index contributed by atoms with van der Waals surface area (Å²) in [4.78, 5) is 29.6. The van der Waals surface area contributed by atoms with E-state index in [0.29, 0.717) is 54.3 Å². The standard InChI is InChI=1S/C47H62N14/c1-31(6-4-3-5-16-52-32(2)35-11-17-59(18-12-35)40-14-20-60(21-15-40)47-54-27-34(25-48)28-55-47)61-19-13-36-22-33(7-8-39(36)29-61)26-53-46-43(45(51)56-30-57-46)44(50)38-10-9-37-24-42(49)58-41(37)23-38/h7-10,22-23,27-28,30,35,40,50,52H,1-6,11-21,24-26,29,48H2,(H2,49,58)(H3,51,53,56,57). The van der Waals surface area contributed by atoms with E-state index in [1.807, 2.05) is 30.6 Å². The first-order valence-corrected chi connectivity index (χ1v) is 22.1. The normalized spacial score (nSPS) is 17.1. The highest BCUT2D eigenvalue weighted by Gasteiger charge is 2.30. The summed E-state index contributed by atoms with van der Waals surface area (Å²) in [5.41, 5.74) is 28.5. The van der Waals surface area contributed by atoms with E-state index in [4.69, 9.17) is 22.6 Å². The third kappa shape index (κ3) is 10.0. The number of nitrogens with one attached hydrogen (secondary N) is 3. The predicted molar refractivity (Wildman–Crippen MR) is 246 cm³/mol. The minimum atomic E-state index is 0.242. The van der Waals surface area contributed by atoms with E-state index in [0.717, 1.165) is 113 Å². The molecule has 8 rings (SSSR count). The van der Waals surface area contributed by atoms with E-state index < -0.39 is 0 Å².